The Kier molecular flexibility index (Phi) is 7.40. The van der Waals surface area contributed by atoms with Crippen LogP contribution in [-0.2, 0) is 14.8 Å². The first-order valence-corrected chi connectivity index (χ1v) is 11.5. The molecular formula is C20H22Cl2N2O4S. The normalized spacial score (nSPS) is 15.5. The summed E-state index contributed by atoms with van der Waals surface area (Å²) in [5.74, 6) is -0.00700. The highest BCUT2D eigenvalue weighted by molar-refractivity contribution is 7.89. The molecule has 9 heteroatoms. The first kappa shape index (κ1) is 21.9. The van der Waals surface area contributed by atoms with Gasteiger partial charge in [-0.05, 0) is 49.2 Å². The summed E-state index contributed by atoms with van der Waals surface area (Å²) in [4.78, 5) is 12.3. The lowest BCUT2D eigenvalue weighted by atomic mass is 10.2. The molecule has 3 rings (SSSR count). The Morgan fingerprint density at radius 3 is 2.45 bits per heavy atom. The van der Waals surface area contributed by atoms with Crippen LogP contribution >= 0.6 is 23.2 Å². The van der Waals surface area contributed by atoms with Gasteiger partial charge in [-0.2, -0.15) is 4.31 Å². The van der Waals surface area contributed by atoms with Crippen molar-refractivity contribution in [2.75, 3.05) is 25.0 Å². The molecule has 1 fully saturated rings. The number of sulfonamides is 1. The summed E-state index contributed by atoms with van der Waals surface area (Å²) in [6.45, 7) is 0.736. The van der Waals surface area contributed by atoms with E-state index in [1.54, 1.807) is 24.3 Å². The largest absolute Gasteiger partial charge is 0.484 e. The van der Waals surface area contributed by atoms with Crippen molar-refractivity contribution in [3.05, 3.63) is 52.5 Å². The number of nitrogens with zero attached hydrogens (tertiary/aromatic N) is 1. The standard InChI is InChI=1S/C20H22Cl2N2O4S/c21-15-6-5-7-16(12-15)28-14-20(25)23-19-13-17(8-9-18(19)22)29(26,27)24-10-3-1-2-4-11-24/h5-9,12-13H,1-4,10-11,14H2,(H,23,25). The molecule has 0 bridgehead atoms. The maximum atomic E-state index is 13.0. The molecule has 2 aromatic rings. The van der Waals surface area contributed by atoms with Gasteiger partial charge in [0.15, 0.2) is 6.61 Å². The fourth-order valence-corrected chi connectivity index (χ4v) is 4.97. The minimum Gasteiger partial charge on any atom is -0.484 e. The van der Waals surface area contributed by atoms with E-state index in [0.29, 0.717) is 23.9 Å². The highest BCUT2D eigenvalue weighted by atomic mass is 35.5. The van der Waals surface area contributed by atoms with Gasteiger partial charge in [-0.15, -0.1) is 0 Å². The third kappa shape index (κ3) is 5.85. The van der Waals surface area contributed by atoms with Gasteiger partial charge in [-0.3, -0.25) is 4.79 Å². The molecule has 0 saturated carbocycles. The van der Waals surface area contributed by atoms with E-state index < -0.39 is 15.9 Å². The number of rotatable bonds is 6. The van der Waals surface area contributed by atoms with E-state index in [4.69, 9.17) is 27.9 Å². The third-order valence-electron chi connectivity index (χ3n) is 4.58. The van der Waals surface area contributed by atoms with Crippen LogP contribution < -0.4 is 10.1 Å². The number of carbonyl (C=O) groups excluding carboxylic acids is 1. The first-order chi connectivity index (χ1) is 13.9. The second-order valence-electron chi connectivity index (χ2n) is 6.75. The molecule has 0 atom stereocenters. The van der Waals surface area contributed by atoms with Crippen LogP contribution in [0, 0.1) is 0 Å². The number of amides is 1. The maximum Gasteiger partial charge on any atom is 0.262 e. The van der Waals surface area contributed by atoms with Crippen LogP contribution in [0.2, 0.25) is 10.0 Å². The van der Waals surface area contributed by atoms with Gasteiger partial charge in [0.05, 0.1) is 15.6 Å². The lowest BCUT2D eigenvalue weighted by Crippen LogP contribution is -2.32. The Bertz CT molecular complexity index is 974. The van der Waals surface area contributed by atoms with Crippen molar-refractivity contribution in [2.24, 2.45) is 0 Å². The van der Waals surface area contributed by atoms with Gasteiger partial charge < -0.3 is 10.1 Å². The maximum absolute atomic E-state index is 13.0. The van der Waals surface area contributed by atoms with Gasteiger partial charge in [0.25, 0.3) is 5.91 Å². The Hall–Kier alpha value is -1.80. The van der Waals surface area contributed by atoms with Crippen LogP contribution in [-0.4, -0.2) is 38.3 Å². The summed E-state index contributed by atoms with van der Waals surface area (Å²) in [5.41, 5.74) is 0.224. The predicted octanol–water partition coefficient (Wildman–Crippen LogP) is 4.58. The Labute approximate surface area is 180 Å². The molecule has 1 aliphatic heterocycles. The number of anilines is 1. The van der Waals surface area contributed by atoms with E-state index in [9.17, 15) is 13.2 Å². The highest BCUT2D eigenvalue weighted by Gasteiger charge is 2.26. The summed E-state index contributed by atoms with van der Waals surface area (Å²) in [6, 6.07) is 11.0. The molecule has 6 nitrogen and oxygen atoms in total. The van der Waals surface area contributed by atoms with E-state index in [1.165, 1.54) is 22.5 Å². The second-order valence-corrected chi connectivity index (χ2v) is 9.54. The van der Waals surface area contributed by atoms with Gasteiger partial charge in [-0.25, -0.2) is 8.42 Å². The van der Waals surface area contributed by atoms with Crippen LogP contribution in [0.4, 0.5) is 5.69 Å². The molecule has 1 heterocycles. The average Bonchev–Trinajstić information content (AvgIpc) is 2.98. The van der Waals surface area contributed by atoms with Crippen LogP contribution in [0.3, 0.4) is 0 Å². The minimum absolute atomic E-state index is 0.106. The van der Waals surface area contributed by atoms with Crippen molar-refractivity contribution in [3.63, 3.8) is 0 Å². The van der Waals surface area contributed by atoms with Crippen molar-refractivity contribution in [2.45, 2.75) is 30.6 Å². The molecule has 0 spiro atoms. The van der Waals surface area contributed by atoms with E-state index in [0.717, 1.165) is 25.7 Å². The van der Waals surface area contributed by atoms with E-state index >= 15 is 0 Å². The van der Waals surface area contributed by atoms with Crippen molar-refractivity contribution in [3.8, 4) is 5.75 Å². The Morgan fingerprint density at radius 1 is 1.03 bits per heavy atom. The highest BCUT2D eigenvalue weighted by Crippen LogP contribution is 2.28. The van der Waals surface area contributed by atoms with Crippen molar-refractivity contribution < 1.29 is 17.9 Å². The molecule has 0 aromatic heterocycles. The molecule has 0 aliphatic carbocycles. The molecule has 29 heavy (non-hydrogen) atoms. The zero-order valence-corrected chi connectivity index (χ0v) is 18.1. The lowest BCUT2D eigenvalue weighted by Gasteiger charge is -2.20. The Balaban J connectivity index is 1.70. The molecule has 1 aliphatic rings. The van der Waals surface area contributed by atoms with Gasteiger partial charge in [0.2, 0.25) is 10.0 Å². The number of halogens is 2. The first-order valence-electron chi connectivity index (χ1n) is 9.34. The molecule has 0 radical (unpaired) electrons. The fraction of sp³-hybridized carbons (Fsp3) is 0.350. The fourth-order valence-electron chi connectivity index (χ4n) is 3.08. The summed E-state index contributed by atoms with van der Waals surface area (Å²) in [5, 5.41) is 3.35. The summed E-state index contributed by atoms with van der Waals surface area (Å²) >= 11 is 12.0. The van der Waals surface area contributed by atoms with Crippen molar-refractivity contribution in [1.29, 1.82) is 0 Å². The summed E-state index contributed by atoms with van der Waals surface area (Å²) in [7, 11) is -3.64. The molecule has 2 aromatic carbocycles. The van der Waals surface area contributed by atoms with Gasteiger partial charge >= 0.3 is 0 Å². The molecule has 1 N–H and O–H groups in total. The molecule has 1 saturated heterocycles. The van der Waals surface area contributed by atoms with Crippen molar-refractivity contribution in [1.82, 2.24) is 4.31 Å². The Morgan fingerprint density at radius 2 is 1.76 bits per heavy atom. The number of hydrogen-bond acceptors (Lipinski definition) is 4. The van der Waals surface area contributed by atoms with Gasteiger partial charge in [0.1, 0.15) is 5.75 Å². The summed E-state index contributed by atoms with van der Waals surface area (Å²) < 4.78 is 32.8. The quantitative estimate of drug-likeness (QED) is 0.689. The smallest absolute Gasteiger partial charge is 0.262 e. The molecular weight excluding hydrogens is 435 g/mol. The van der Waals surface area contributed by atoms with Crippen molar-refractivity contribution >= 4 is 44.8 Å². The third-order valence-corrected chi connectivity index (χ3v) is 7.04. The average molecular weight is 457 g/mol. The lowest BCUT2D eigenvalue weighted by molar-refractivity contribution is -0.118. The molecule has 1 amide bonds. The predicted molar refractivity (Wildman–Crippen MR) is 114 cm³/mol. The zero-order valence-electron chi connectivity index (χ0n) is 15.7. The van der Waals surface area contributed by atoms with E-state index in [1.807, 2.05) is 0 Å². The van der Waals surface area contributed by atoms with Gasteiger partial charge in [-0.1, -0.05) is 42.1 Å². The zero-order chi connectivity index (χ0) is 20.9. The van der Waals surface area contributed by atoms with Crippen LogP contribution in [0.15, 0.2) is 47.4 Å². The summed E-state index contributed by atoms with van der Waals surface area (Å²) in [6.07, 6.45) is 3.75. The number of ether oxygens (including phenoxy) is 1. The van der Waals surface area contributed by atoms with Crippen LogP contribution in [0.1, 0.15) is 25.7 Å². The van der Waals surface area contributed by atoms with Crippen LogP contribution in [0.25, 0.3) is 0 Å². The number of benzene rings is 2. The van der Waals surface area contributed by atoms with E-state index in [2.05, 4.69) is 5.32 Å². The number of hydrogen-bond donors (Lipinski definition) is 1. The van der Waals surface area contributed by atoms with Gasteiger partial charge in [0, 0.05) is 18.1 Å². The monoisotopic (exact) mass is 456 g/mol. The van der Waals surface area contributed by atoms with E-state index in [-0.39, 0.29) is 22.2 Å². The SMILES string of the molecule is O=C(COc1cccc(Cl)c1)Nc1cc(S(=O)(=O)N2CCCCCC2)ccc1Cl. The number of carbonyl (C=O) groups is 1. The van der Waals surface area contributed by atoms with Crippen LogP contribution in [0.5, 0.6) is 5.75 Å². The number of nitrogens with one attached hydrogen (secondary N) is 1. The molecule has 0 unspecified atom stereocenters. The molecule has 156 valence electrons. The second kappa shape index (κ2) is 9.80. The minimum atomic E-state index is -3.64. The topological polar surface area (TPSA) is 75.7 Å².